The van der Waals surface area contributed by atoms with Gasteiger partial charge in [0.1, 0.15) is 0 Å². The fourth-order valence-electron chi connectivity index (χ4n) is 0.208. The van der Waals surface area contributed by atoms with E-state index >= 15 is 0 Å². The first-order chi connectivity index (χ1) is 3.29. The maximum atomic E-state index is 3.90. The van der Waals surface area contributed by atoms with Crippen LogP contribution < -0.4 is 0 Å². The van der Waals surface area contributed by atoms with Crippen molar-refractivity contribution >= 4 is 66.2 Å². The molecule has 0 amide bonds. The van der Waals surface area contributed by atoms with Crippen LogP contribution in [0.15, 0.2) is 8.68 Å². The molecule has 1 radical (unpaired) electrons. The Hall–Kier alpha value is 1.26. The summed E-state index contributed by atoms with van der Waals surface area (Å²) in [6.45, 7) is 0. The van der Waals surface area contributed by atoms with E-state index in [4.69, 9.17) is 0 Å². The van der Waals surface area contributed by atoms with Crippen LogP contribution >= 0.6 is 36.6 Å². The van der Waals surface area contributed by atoms with Gasteiger partial charge in [-0.25, -0.2) is 0 Å². The molecule has 0 saturated heterocycles. The summed E-state index contributed by atoms with van der Waals surface area (Å²) >= 11 is 9.15. The number of nitrogens with zero attached hydrogens (tertiary/aromatic N) is 2. The maximum absolute atomic E-state index is 3.90. The fourth-order valence-corrected chi connectivity index (χ4v) is 1.36. The smallest absolute Gasteiger partial charge is 0.131 e. The topological polar surface area (TPSA) is 25.8 Å². The molecule has 1 aromatic heterocycles. The number of hydrogen-bond donors (Lipinski definition) is 2. The summed E-state index contributed by atoms with van der Waals surface area (Å²) in [6.07, 6.45) is 0. The minimum atomic E-state index is 0. The summed E-state index contributed by atoms with van der Waals surface area (Å²) in [4.78, 5) is 0. The van der Waals surface area contributed by atoms with Crippen LogP contribution in [0.4, 0.5) is 0 Å². The summed E-state index contributed by atoms with van der Waals surface area (Å²) in [7, 11) is 0. The Morgan fingerprint density at radius 3 is 1.62 bits per heavy atom. The molecule has 1 aromatic rings. The Morgan fingerprint density at radius 2 is 1.50 bits per heavy atom. The van der Waals surface area contributed by atoms with Crippen LogP contribution in [0.3, 0.4) is 0 Å². The Kier molecular flexibility index (Phi) is 4.79. The molecule has 0 aliphatic rings. The molecule has 0 saturated carbocycles. The molecular weight excluding hydrogens is 171 g/mol. The van der Waals surface area contributed by atoms with Gasteiger partial charge in [-0.15, -0.1) is 35.5 Å². The molecule has 1 heterocycles. The Morgan fingerprint density at radius 1 is 1.12 bits per heavy atom. The van der Waals surface area contributed by atoms with E-state index in [-0.39, 0.29) is 29.6 Å². The molecule has 39 valence electrons. The van der Waals surface area contributed by atoms with Gasteiger partial charge >= 0.3 is 0 Å². The second-order valence-electron chi connectivity index (χ2n) is 0.867. The fraction of sp³-hybridized carbons (Fsp3) is 0. The second kappa shape index (κ2) is 4.14. The standard InChI is InChI=1S/C2H2N2S3.Na/c5-1-3-4-2(6)7-1;/h(H,3,5)(H,4,6);. The van der Waals surface area contributed by atoms with Crippen molar-refractivity contribution in [3.63, 3.8) is 0 Å². The number of thiol groups is 2. The van der Waals surface area contributed by atoms with Crippen LogP contribution in [0, 0.1) is 0 Å². The zero-order valence-corrected chi connectivity index (χ0v) is 8.80. The summed E-state index contributed by atoms with van der Waals surface area (Å²) in [5.41, 5.74) is 0. The van der Waals surface area contributed by atoms with E-state index in [2.05, 4.69) is 35.5 Å². The molecule has 1 rings (SSSR count). The summed E-state index contributed by atoms with van der Waals surface area (Å²) in [5, 5.41) is 7.15. The zero-order valence-electron chi connectivity index (χ0n) is 4.20. The predicted molar refractivity (Wildman–Crippen MR) is 40.2 cm³/mol. The van der Waals surface area contributed by atoms with Crippen LogP contribution in [-0.2, 0) is 0 Å². The van der Waals surface area contributed by atoms with Crippen LogP contribution in [0.25, 0.3) is 0 Å². The molecule has 0 bridgehead atoms. The van der Waals surface area contributed by atoms with E-state index in [1.54, 1.807) is 0 Å². The van der Waals surface area contributed by atoms with Crippen molar-refractivity contribution < 1.29 is 0 Å². The van der Waals surface area contributed by atoms with E-state index in [1.165, 1.54) is 11.3 Å². The largest absolute Gasteiger partial charge is 0.172 e. The molecule has 0 N–H and O–H groups in total. The third kappa shape index (κ3) is 2.70. The third-order valence-corrected chi connectivity index (χ3v) is 1.66. The second-order valence-corrected chi connectivity index (χ2v) is 3.30. The molecule has 2 nitrogen and oxygen atoms in total. The minimum absolute atomic E-state index is 0. The Balaban J connectivity index is 0.000000490. The van der Waals surface area contributed by atoms with Gasteiger partial charge in [0.2, 0.25) is 0 Å². The van der Waals surface area contributed by atoms with E-state index in [9.17, 15) is 0 Å². The molecule has 6 heteroatoms. The van der Waals surface area contributed by atoms with Crippen molar-refractivity contribution in [2.24, 2.45) is 0 Å². The van der Waals surface area contributed by atoms with Gasteiger partial charge in [0.25, 0.3) is 0 Å². The first-order valence-corrected chi connectivity index (χ1v) is 3.21. The Bertz CT molecular complexity index is 148. The van der Waals surface area contributed by atoms with Crippen molar-refractivity contribution in [2.75, 3.05) is 0 Å². The van der Waals surface area contributed by atoms with Gasteiger partial charge in [-0.1, -0.05) is 11.3 Å². The van der Waals surface area contributed by atoms with Crippen LogP contribution in [0.1, 0.15) is 0 Å². The number of aromatic nitrogens is 2. The molecule has 0 atom stereocenters. The molecule has 0 unspecified atom stereocenters. The van der Waals surface area contributed by atoms with Gasteiger partial charge in [-0.05, 0) is 0 Å². The van der Waals surface area contributed by atoms with Crippen molar-refractivity contribution in [3.8, 4) is 0 Å². The minimum Gasteiger partial charge on any atom is -0.131 e. The maximum Gasteiger partial charge on any atom is 0.172 e. The van der Waals surface area contributed by atoms with Crippen molar-refractivity contribution in [1.82, 2.24) is 10.2 Å². The van der Waals surface area contributed by atoms with Gasteiger partial charge in [0.15, 0.2) is 8.68 Å². The summed E-state index contributed by atoms with van der Waals surface area (Å²) in [5.74, 6) is 0. The summed E-state index contributed by atoms with van der Waals surface area (Å²) < 4.78 is 1.31. The van der Waals surface area contributed by atoms with Gasteiger partial charge in [-0.2, -0.15) is 0 Å². The van der Waals surface area contributed by atoms with Crippen molar-refractivity contribution in [1.29, 1.82) is 0 Å². The normalized spacial score (nSPS) is 8.25. The van der Waals surface area contributed by atoms with E-state index in [0.29, 0.717) is 8.68 Å². The Labute approximate surface area is 84.2 Å². The molecular formula is C2H2N2NaS3. The summed E-state index contributed by atoms with van der Waals surface area (Å²) in [6, 6.07) is 0. The first kappa shape index (κ1) is 9.26. The molecule has 0 spiro atoms. The molecule has 0 fully saturated rings. The quantitative estimate of drug-likeness (QED) is 0.447. The average molecular weight is 173 g/mol. The van der Waals surface area contributed by atoms with Crippen LogP contribution in [0.2, 0.25) is 0 Å². The van der Waals surface area contributed by atoms with Gasteiger partial charge < -0.3 is 0 Å². The molecule has 0 aromatic carbocycles. The zero-order chi connectivity index (χ0) is 5.28. The third-order valence-electron chi connectivity index (χ3n) is 0.404. The van der Waals surface area contributed by atoms with Gasteiger partial charge in [0, 0.05) is 29.6 Å². The number of hydrogen-bond acceptors (Lipinski definition) is 5. The first-order valence-electron chi connectivity index (χ1n) is 1.50. The van der Waals surface area contributed by atoms with Crippen molar-refractivity contribution in [2.45, 2.75) is 8.68 Å². The SMILES string of the molecule is Sc1nnc(S)s1.[Na]. The van der Waals surface area contributed by atoms with E-state index in [1.807, 2.05) is 0 Å². The molecule has 0 aliphatic carbocycles. The number of rotatable bonds is 0. The molecule has 0 aliphatic heterocycles. The van der Waals surface area contributed by atoms with Crippen LogP contribution in [-0.4, -0.2) is 39.8 Å². The van der Waals surface area contributed by atoms with Crippen molar-refractivity contribution in [3.05, 3.63) is 0 Å². The monoisotopic (exact) mass is 173 g/mol. The molecule has 8 heavy (non-hydrogen) atoms. The predicted octanol–water partition coefficient (Wildman–Crippen LogP) is 0.735. The van der Waals surface area contributed by atoms with E-state index < -0.39 is 0 Å². The van der Waals surface area contributed by atoms with Gasteiger partial charge in [0.05, 0.1) is 0 Å². The van der Waals surface area contributed by atoms with Crippen LogP contribution in [0.5, 0.6) is 0 Å². The van der Waals surface area contributed by atoms with E-state index in [0.717, 1.165) is 0 Å². The average Bonchev–Trinajstić information content (AvgIpc) is 1.87. The van der Waals surface area contributed by atoms with Gasteiger partial charge in [-0.3, -0.25) is 0 Å².